The number of carbonyl (C=O) groups is 2. The van der Waals surface area contributed by atoms with E-state index in [9.17, 15) is 9.59 Å². The number of thiocarbonyl (C=S) groups is 1. The zero-order valence-electron chi connectivity index (χ0n) is 19.6. The van der Waals surface area contributed by atoms with Crippen molar-refractivity contribution in [1.29, 1.82) is 0 Å². The summed E-state index contributed by atoms with van der Waals surface area (Å²) < 4.78 is 0.891. The minimum absolute atomic E-state index is 0.00351. The molecule has 0 saturated carbocycles. The lowest BCUT2D eigenvalue weighted by atomic mass is 10.2. The van der Waals surface area contributed by atoms with Crippen LogP contribution in [0.15, 0.2) is 72.8 Å². The topological polar surface area (TPSA) is 64.7 Å². The van der Waals surface area contributed by atoms with E-state index in [2.05, 4.69) is 38.1 Å². The number of halogens is 3. The van der Waals surface area contributed by atoms with Gasteiger partial charge in [-0.05, 0) is 82.8 Å². The van der Waals surface area contributed by atoms with Gasteiger partial charge in [0, 0.05) is 41.5 Å². The molecule has 2 N–H and O–H groups in total. The van der Waals surface area contributed by atoms with Gasteiger partial charge in [-0.1, -0.05) is 53.5 Å². The van der Waals surface area contributed by atoms with Crippen LogP contribution in [0.1, 0.15) is 15.9 Å². The molecular weight excluding hydrogens is 642 g/mol. The lowest BCUT2D eigenvalue weighted by Gasteiger charge is -2.36. The zero-order valence-corrected chi connectivity index (χ0v) is 24.1. The highest BCUT2D eigenvalue weighted by Crippen LogP contribution is 2.30. The fourth-order valence-corrected chi connectivity index (χ4v) is 5.06. The number of piperazine rings is 1. The first kappa shape index (κ1) is 27.4. The maximum absolute atomic E-state index is 12.6. The second-order valence-electron chi connectivity index (χ2n) is 8.25. The number of amides is 2. The van der Waals surface area contributed by atoms with Crippen molar-refractivity contribution in [2.24, 2.45) is 0 Å². The van der Waals surface area contributed by atoms with Crippen LogP contribution in [0.5, 0.6) is 0 Å². The Kier molecular flexibility index (Phi) is 9.42. The number of nitrogens with one attached hydrogen (secondary N) is 2. The first-order valence-electron chi connectivity index (χ1n) is 11.4. The molecule has 0 unspecified atom stereocenters. The van der Waals surface area contributed by atoms with Crippen molar-refractivity contribution in [2.75, 3.05) is 36.4 Å². The summed E-state index contributed by atoms with van der Waals surface area (Å²) in [5, 5.41) is 6.66. The first-order valence-corrected chi connectivity index (χ1v) is 13.7. The van der Waals surface area contributed by atoms with Gasteiger partial charge in [-0.2, -0.15) is 0 Å². The molecule has 0 aromatic heterocycles. The molecule has 3 aromatic carbocycles. The molecule has 1 fully saturated rings. The van der Waals surface area contributed by atoms with Crippen molar-refractivity contribution in [3.8, 4) is 0 Å². The van der Waals surface area contributed by atoms with Crippen LogP contribution in [0.25, 0.3) is 6.08 Å². The van der Waals surface area contributed by atoms with Crippen LogP contribution in [0.3, 0.4) is 0 Å². The molecule has 4 rings (SSSR count). The van der Waals surface area contributed by atoms with Crippen LogP contribution in [0.2, 0.25) is 10.0 Å². The van der Waals surface area contributed by atoms with Crippen LogP contribution in [0, 0.1) is 3.57 Å². The van der Waals surface area contributed by atoms with E-state index in [1.54, 1.807) is 24.3 Å². The highest BCUT2D eigenvalue weighted by atomic mass is 127. The van der Waals surface area contributed by atoms with E-state index in [4.69, 9.17) is 35.4 Å². The largest absolute Gasteiger partial charge is 0.367 e. The molecule has 1 heterocycles. The van der Waals surface area contributed by atoms with Gasteiger partial charge in [0.1, 0.15) is 0 Å². The Hall–Kier alpha value is -2.66. The van der Waals surface area contributed by atoms with Gasteiger partial charge >= 0.3 is 0 Å². The van der Waals surface area contributed by atoms with Crippen LogP contribution in [-0.4, -0.2) is 48.0 Å². The van der Waals surface area contributed by atoms with Crippen molar-refractivity contribution >= 4 is 92.4 Å². The van der Waals surface area contributed by atoms with Gasteiger partial charge in [-0.3, -0.25) is 14.9 Å². The number of hydrogen-bond donors (Lipinski definition) is 2. The van der Waals surface area contributed by atoms with E-state index in [0.29, 0.717) is 47.5 Å². The third-order valence-electron chi connectivity index (χ3n) is 5.76. The van der Waals surface area contributed by atoms with E-state index in [1.807, 2.05) is 59.5 Å². The van der Waals surface area contributed by atoms with Crippen molar-refractivity contribution in [3.05, 3.63) is 97.5 Å². The summed E-state index contributed by atoms with van der Waals surface area (Å²) in [5.74, 6) is -0.397. The van der Waals surface area contributed by atoms with Crippen LogP contribution in [-0.2, 0) is 4.79 Å². The van der Waals surface area contributed by atoms with Gasteiger partial charge in [0.15, 0.2) is 5.11 Å². The lowest BCUT2D eigenvalue weighted by molar-refractivity contribution is -0.126. The SMILES string of the molecule is O=C(NC(=S)Nc1ccc(N2CCN(C(=O)/C=C/c3ccccc3)CC2)c(Cl)c1)c1cc(I)ccc1Cl. The smallest absolute Gasteiger partial charge is 0.258 e. The average molecular weight is 665 g/mol. The molecule has 1 saturated heterocycles. The number of hydrogen-bond acceptors (Lipinski definition) is 4. The van der Waals surface area contributed by atoms with Gasteiger partial charge < -0.3 is 15.1 Å². The third kappa shape index (κ3) is 7.44. The van der Waals surface area contributed by atoms with E-state index in [-0.39, 0.29) is 11.0 Å². The summed E-state index contributed by atoms with van der Waals surface area (Å²) in [6.45, 7) is 2.54. The Bertz CT molecular complexity index is 1350. The van der Waals surface area contributed by atoms with Crippen LogP contribution in [0.4, 0.5) is 11.4 Å². The number of anilines is 2. The van der Waals surface area contributed by atoms with Crippen molar-refractivity contribution < 1.29 is 9.59 Å². The molecule has 190 valence electrons. The summed E-state index contributed by atoms with van der Waals surface area (Å²) in [4.78, 5) is 29.1. The monoisotopic (exact) mass is 664 g/mol. The lowest BCUT2D eigenvalue weighted by Crippen LogP contribution is -2.48. The van der Waals surface area contributed by atoms with Crippen molar-refractivity contribution in [3.63, 3.8) is 0 Å². The van der Waals surface area contributed by atoms with Crippen LogP contribution < -0.4 is 15.5 Å². The van der Waals surface area contributed by atoms with Gasteiger partial charge in [0.05, 0.1) is 21.3 Å². The Labute approximate surface area is 244 Å². The van der Waals surface area contributed by atoms with Gasteiger partial charge in [0.2, 0.25) is 5.91 Å². The average Bonchev–Trinajstić information content (AvgIpc) is 2.89. The van der Waals surface area contributed by atoms with Crippen molar-refractivity contribution in [1.82, 2.24) is 10.2 Å². The number of carbonyl (C=O) groups excluding carboxylic acids is 2. The fraction of sp³-hybridized carbons (Fsp3) is 0.148. The minimum Gasteiger partial charge on any atom is -0.367 e. The van der Waals surface area contributed by atoms with Gasteiger partial charge in [0.25, 0.3) is 5.91 Å². The Morgan fingerprint density at radius 2 is 1.65 bits per heavy atom. The third-order valence-corrected chi connectivity index (χ3v) is 7.26. The highest BCUT2D eigenvalue weighted by Gasteiger charge is 2.21. The Morgan fingerprint density at radius 1 is 0.919 bits per heavy atom. The molecule has 0 radical (unpaired) electrons. The van der Waals surface area contributed by atoms with E-state index >= 15 is 0 Å². The quantitative estimate of drug-likeness (QED) is 0.197. The molecule has 37 heavy (non-hydrogen) atoms. The first-order chi connectivity index (χ1) is 17.8. The maximum Gasteiger partial charge on any atom is 0.258 e. The molecule has 6 nitrogen and oxygen atoms in total. The zero-order chi connectivity index (χ0) is 26.4. The fourth-order valence-electron chi connectivity index (χ4n) is 3.85. The number of benzene rings is 3. The Balaban J connectivity index is 1.31. The van der Waals surface area contributed by atoms with E-state index in [1.165, 1.54) is 0 Å². The number of rotatable bonds is 5. The van der Waals surface area contributed by atoms with Gasteiger partial charge in [-0.15, -0.1) is 0 Å². The minimum atomic E-state index is -0.394. The molecule has 0 atom stereocenters. The second-order valence-corrected chi connectivity index (χ2v) is 10.7. The summed E-state index contributed by atoms with van der Waals surface area (Å²) in [6.07, 6.45) is 3.45. The summed E-state index contributed by atoms with van der Waals surface area (Å²) in [5.41, 5.74) is 2.86. The highest BCUT2D eigenvalue weighted by molar-refractivity contribution is 14.1. The molecule has 2 amide bonds. The molecule has 0 aliphatic carbocycles. The Morgan fingerprint density at radius 3 is 2.35 bits per heavy atom. The molecule has 0 bridgehead atoms. The molecule has 3 aromatic rings. The predicted octanol–water partition coefficient (Wildman–Crippen LogP) is 6.09. The molecule has 1 aliphatic heterocycles. The van der Waals surface area contributed by atoms with E-state index < -0.39 is 5.91 Å². The standard InChI is InChI=1S/C27H23Cl2IN4O2S/c28-22-9-7-19(30)16-21(22)26(36)32-27(37)31-20-8-10-24(23(29)17-20)33-12-14-34(15-13-33)25(35)11-6-18-4-2-1-3-5-18/h1-11,16-17H,12-15H2,(H2,31,32,36,37)/b11-6+. The van der Waals surface area contributed by atoms with Gasteiger partial charge in [-0.25, -0.2) is 0 Å². The molecule has 1 aliphatic rings. The normalized spacial score (nSPS) is 13.5. The van der Waals surface area contributed by atoms with E-state index in [0.717, 1.165) is 14.8 Å². The number of nitrogens with zero attached hydrogens (tertiary/aromatic N) is 2. The molecule has 0 spiro atoms. The summed E-state index contributed by atoms with van der Waals surface area (Å²) in [7, 11) is 0. The van der Waals surface area contributed by atoms with Crippen molar-refractivity contribution in [2.45, 2.75) is 0 Å². The second kappa shape index (κ2) is 12.7. The maximum atomic E-state index is 12.6. The summed E-state index contributed by atoms with van der Waals surface area (Å²) >= 11 is 20.1. The van der Waals surface area contributed by atoms with Crippen LogP contribution >= 0.6 is 58.0 Å². The summed E-state index contributed by atoms with van der Waals surface area (Å²) in [6, 6.07) is 20.4. The molecular formula is C27H23Cl2IN4O2S. The molecule has 10 heteroatoms. The predicted molar refractivity (Wildman–Crippen MR) is 164 cm³/mol.